The van der Waals surface area contributed by atoms with Crippen molar-refractivity contribution < 1.29 is 9.21 Å². The number of hydrogen-bond donors (Lipinski definition) is 0. The Morgan fingerprint density at radius 3 is 2.64 bits per heavy atom. The molecule has 6 heteroatoms. The highest BCUT2D eigenvalue weighted by molar-refractivity contribution is 7.12. The maximum absolute atomic E-state index is 12.4. The third-order valence-electron chi connectivity index (χ3n) is 4.02. The fourth-order valence-corrected chi connectivity index (χ4v) is 3.54. The number of likely N-dealkylation sites (tertiary alicyclic amines) is 1. The van der Waals surface area contributed by atoms with E-state index in [-0.39, 0.29) is 17.7 Å². The number of nitrogens with zero attached hydrogens (tertiary/aromatic N) is 3. The van der Waals surface area contributed by atoms with Gasteiger partial charge in [0.1, 0.15) is 0 Å². The molecule has 0 N–H and O–H groups in total. The van der Waals surface area contributed by atoms with Crippen LogP contribution >= 0.6 is 11.3 Å². The number of carbonyl (C=O) groups is 1. The number of piperidine rings is 1. The minimum absolute atomic E-state index is 0.143. The van der Waals surface area contributed by atoms with Gasteiger partial charge in [-0.1, -0.05) is 13.8 Å². The molecule has 0 radical (unpaired) electrons. The van der Waals surface area contributed by atoms with Crippen LogP contribution in [0.5, 0.6) is 0 Å². The zero-order valence-electron chi connectivity index (χ0n) is 13.2. The number of amides is 1. The zero-order valence-corrected chi connectivity index (χ0v) is 14.0. The van der Waals surface area contributed by atoms with Gasteiger partial charge in [0.25, 0.3) is 5.91 Å². The smallest absolute Gasteiger partial charge is 0.263 e. The van der Waals surface area contributed by atoms with E-state index >= 15 is 0 Å². The molecular formula is C16H21N3O2S. The molecule has 1 aliphatic heterocycles. The van der Waals surface area contributed by atoms with Crippen molar-refractivity contribution in [1.82, 2.24) is 15.1 Å². The van der Waals surface area contributed by atoms with Gasteiger partial charge in [0.15, 0.2) is 0 Å². The lowest BCUT2D eigenvalue weighted by Crippen LogP contribution is -2.37. The van der Waals surface area contributed by atoms with Crippen LogP contribution in [-0.2, 0) is 0 Å². The summed E-state index contributed by atoms with van der Waals surface area (Å²) in [6.45, 7) is 7.60. The molecule has 118 valence electrons. The second-order valence-electron chi connectivity index (χ2n) is 6.19. The van der Waals surface area contributed by atoms with Gasteiger partial charge < -0.3 is 9.32 Å². The molecule has 1 amide bonds. The molecule has 2 aromatic rings. The SMILES string of the molecule is Cc1csc(C(=O)N2CCC(c3nnc(C(C)C)o3)CC2)c1. The average Bonchev–Trinajstić information content (AvgIpc) is 3.16. The molecule has 0 aliphatic carbocycles. The summed E-state index contributed by atoms with van der Waals surface area (Å²) < 4.78 is 5.74. The third kappa shape index (κ3) is 3.06. The summed E-state index contributed by atoms with van der Waals surface area (Å²) in [7, 11) is 0. The molecule has 0 atom stereocenters. The summed E-state index contributed by atoms with van der Waals surface area (Å²) in [4.78, 5) is 15.2. The van der Waals surface area contributed by atoms with Crippen LogP contribution in [0.1, 0.15) is 65.5 Å². The molecule has 1 aliphatic rings. The average molecular weight is 319 g/mol. The van der Waals surface area contributed by atoms with Crippen molar-refractivity contribution in [2.45, 2.75) is 45.4 Å². The summed E-state index contributed by atoms with van der Waals surface area (Å²) in [5, 5.41) is 10.3. The quantitative estimate of drug-likeness (QED) is 0.867. The Morgan fingerprint density at radius 2 is 2.09 bits per heavy atom. The summed E-state index contributed by atoms with van der Waals surface area (Å²) in [6, 6.07) is 1.96. The van der Waals surface area contributed by atoms with Crippen LogP contribution in [-0.4, -0.2) is 34.1 Å². The molecule has 3 rings (SSSR count). The highest BCUT2D eigenvalue weighted by Gasteiger charge is 2.28. The number of rotatable bonds is 3. The van der Waals surface area contributed by atoms with Crippen LogP contribution in [0.3, 0.4) is 0 Å². The molecule has 0 saturated carbocycles. The van der Waals surface area contributed by atoms with Gasteiger partial charge >= 0.3 is 0 Å². The van der Waals surface area contributed by atoms with E-state index in [0.29, 0.717) is 5.89 Å². The van der Waals surface area contributed by atoms with Crippen molar-refractivity contribution in [3.8, 4) is 0 Å². The Balaban J connectivity index is 1.61. The first-order valence-corrected chi connectivity index (χ1v) is 8.60. The minimum atomic E-state index is 0.143. The van der Waals surface area contributed by atoms with Crippen LogP contribution in [0.2, 0.25) is 0 Å². The molecule has 22 heavy (non-hydrogen) atoms. The van der Waals surface area contributed by atoms with Gasteiger partial charge in [-0.3, -0.25) is 4.79 Å². The topological polar surface area (TPSA) is 59.2 Å². The van der Waals surface area contributed by atoms with Crippen molar-refractivity contribution in [3.05, 3.63) is 33.7 Å². The summed E-state index contributed by atoms with van der Waals surface area (Å²) in [5.74, 6) is 2.09. The van der Waals surface area contributed by atoms with Crippen LogP contribution in [0, 0.1) is 6.92 Å². The Morgan fingerprint density at radius 1 is 1.36 bits per heavy atom. The summed E-state index contributed by atoms with van der Waals surface area (Å²) in [5.41, 5.74) is 1.15. The third-order valence-corrected chi connectivity index (χ3v) is 5.06. The molecule has 1 fully saturated rings. The van der Waals surface area contributed by atoms with E-state index in [1.165, 1.54) is 11.3 Å². The lowest BCUT2D eigenvalue weighted by atomic mass is 9.96. The minimum Gasteiger partial charge on any atom is -0.425 e. The summed E-state index contributed by atoms with van der Waals surface area (Å²) in [6.07, 6.45) is 1.77. The molecule has 0 unspecified atom stereocenters. The van der Waals surface area contributed by atoms with Crippen molar-refractivity contribution in [3.63, 3.8) is 0 Å². The van der Waals surface area contributed by atoms with Crippen LogP contribution < -0.4 is 0 Å². The second-order valence-corrected chi connectivity index (χ2v) is 7.10. The predicted molar refractivity (Wildman–Crippen MR) is 85.3 cm³/mol. The highest BCUT2D eigenvalue weighted by Crippen LogP contribution is 2.29. The molecule has 0 bridgehead atoms. The van der Waals surface area contributed by atoms with Gasteiger partial charge in [-0.05, 0) is 36.8 Å². The number of carbonyl (C=O) groups excluding carboxylic acids is 1. The Labute approximate surface area is 134 Å². The molecule has 5 nitrogen and oxygen atoms in total. The molecule has 0 aromatic carbocycles. The van der Waals surface area contributed by atoms with E-state index in [2.05, 4.69) is 10.2 Å². The monoisotopic (exact) mass is 319 g/mol. The fraction of sp³-hybridized carbons (Fsp3) is 0.562. The van der Waals surface area contributed by atoms with Gasteiger partial charge in [-0.2, -0.15) is 0 Å². The number of thiophene rings is 1. The number of aryl methyl sites for hydroxylation is 1. The van der Waals surface area contributed by atoms with Gasteiger partial charge in [-0.25, -0.2) is 0 Å². The van der Waals surface area contributed by atoms with E-state index in [1.54, 1.807) is 0 Å². The van der Waals surface area contributed by atoms with Crippen molar-refractivity contribution in [1.29, 1.82) is 0 Å². The normalized spacial score (nSPS) is 16.5. The van der Waals surface area contributed by atoms with Crippen LogP contribution in [0.15, 0.2) is 15.9 Å². The molecule has 1 saturated heterocycles. The number of hydrogen-bond acceptors (Lipinski definition) is 5. The largest absolute Gasteiger partial charge is 0.425 e. The van der Waals surface area contributed by atoms with Crippen molar-refractivity contribution in [2.24, 2.45) is 0 Å². The van der Waals surface area contributed by atoms with Crippen molar-refractivity contribution >= 4 is 17.2 Å². The van der Waals surface area contributed by atoms with E-state index in [9.17, 15) is 4.79 Å². The first kappa shape index (κ1) is 15.2. The second kappa shape index (κ2) is 6.20. The molecule has 3 heterocycles. The first-order chi connectivity index (χ1) is 10.5. The van der Waals surface area contributed by atoms with Crippen LogP contribution in [0.25, 0.3) is 0 Å². The van der Waals surface area contributed by atoms with Gasteiger partial charge in [0.05, 0.1) is 4.88 Å². The maximum atomic E-state index is 12.4. The van der Waals surface area contributed by atoms with Crippen LogP contribution in [0.4, 0.5) is 0 Å². The molecule has 2 aromatic heterocycles. The van der Waals surface area contributed by atoms with E-state index in [1.807, 2.05) is 37.1 Å². The predicted octanol–water partition coefficient (Wildman–Crippen LogP) is 3.58. The van der Waals surface area contributed by atoms with E-state index in [0.717, 1.165) is 42.3 Å². The van der Waals surface area contributed by atoms with Gasteiger partial charge in [-0.15, -0.1) is 21.5 Å². The Kier molecular flexibility index (Phi) is 4.29. The zero-order chi connectivity index (χ0) is 15.7. The fourth-order valence-electron chi connectivity index (χ4n) is 2.67. The highest BCUT2D eigenvalue weighted by atomic mass is 32.1. The lowest BCUT2D eigenvalue weighted by Gasteiger charge is -2.30. The van der Waals surface area contributed by atoms with E-state index in [4.69, 9.17) is 4.42 Å². The Bertz CT molecular complexity index is 654. The van der Waals surface area contributed by atoms with Crippen molar-refractivity contribution in [2.75, 3.05) is 13.1 Å². The molecular weight excluding hydrogens is 298 g/mol. The van der Waals surface area contributed by atoms with E-state index < -0.39 is 0 Å². The lowest BCUT2D eigenvalue weighted by molar-refractivity contribution is 0.0710. The van der Waals surface area contributed by atoms with Gasteiger partial charge in [0.2, 0.25) is 11.8 Å². The Hall–Kier alpha value is -1.69. The standard InChI is InChI=1S/C16H21N3O2S/c1-10(2)14-17-18-15(21-14)12-4-6-19(7-5-12)16(20)13-8-11(3)9-22-13/h8-10,12H,4-7H2,1-3H3. The maximum Gasteiger partial charge on any atom is 0.263 e. The first-order valence-electron chi connectivity index (χ1n) is 7.72. The number of aromatic nitrogens is 2. The summed E-state index contributed by atoms with van der Waals surface area (Å²) >= 11 is 1.52. The molecule has 0 spiro atoms. The van der Waals surface area contributed by atoms with Gasteiger partial charge in [0, 0.05) is 24.9 Å².